The molecule has 1 aromatic rings. The first kappa shape index (κ1) is 15.0. The van der Waals surface area contributed by atoms with Crippen molar-refractivity contribution in [2.75, 3.05) is 25.0 Å². The van der Waals surface area contributed by atoms with Gasteiger partial charge in [-0.15, -0.1) is 0 Å². The van der Waals surface area contributed by atoms with Crippen LogP contribution in [0.1, 0.15) is 51.6 Å². The SMILES string of the molecule is CCCCCN(C)c1ccccc1C(C)NCC. The van der Waals surface area contributed by atoms with E-state index in [9.17, 15) is 0 Å². The van der Waals surface area contributed by atoms with Gasteiger partial charge in [0.15, 0.2) is 0 Å². The summed E-state index contributed by atoms with van der Waals surface area (Å²) in [5.41, 5.74) is 2.76. The quantitative estimate of drug-likeness (QED) is 0.700. The Balaban J connectivity index is 2.74. The molecule has 1 atom stereocenters. The zero-order valence-corrected chi connectivity index (χ0v) is 12.4. The Morgan fingerprint density at radius 1 is 1.17 bits per heavy atom. The van der Waals surface area contributed by atoms with Gasteiger partial charge in [-0.2, -0.15) is 0 Å². The largest absolute Gasteiger partial charge is 0.374 e. The lowest BCUT2D eigenvalue weighted by Gasteiger charge is -2.25. The summed E-state index contributed by atoms with van der Waals surface area (Å²) in [6, 6.07) is 9.15. The first-order valence-corrected chi connectivity index (χ1v) is 7.24. The fraction of sp³-hybridized carbons (Fsp3) is 0.625. The number of para-hydroxylation sites is 1. The van der Waals surface area contributed by atoms with E-state index in [2.05, 4.69) is 62.3 Å². The highest BCUT2D eigenvalue weighted by molar-refractivity contribution is 5.54. The second-order valence-electron chi connectivity index (χ2n) is 4.97. The Hall–Kier alpha value is -1.02. The number of anilines is 1. The number of rotatable bonds is 8. The normalized spacial score (nSPS) is 12.4. The lowest BCUT2D eigenvalue weighted by Crippen LogP contribution is -2.24. The van der Waals surface area contributed by atoms with Crippen LogP contribution < -0.4 is 10.2 Å². The second-order valence-corrected chi connectivity index (χ2v) is 4.97. The minimum atomic E-state index is 0.417. The molecule has 1 unspecified atom stereocenters. The van der Waals surface area contributed by atoms with Gasteiger partial charge >= 0.3 is 0 Å². The summed E-state index contributed by atoms with van der Waals surface area (Å²) in [5.74, 6) is 0. The number of nitrogens with zero attached hydrogens (tertiary/aromatic N) is 1. The Bertz CT molecular complexity index is 336. The molecule has 0 heterocycles. The van der Waals surface area contributed by atoms with Gasteiger partial charge < -0.3 is 10.2 Å². The molecule has 0 aliphatic carbocycles. The predicted octanol–water partition coefficient (Wildman–Crippen LogP) is 3.98. The highest BCUT2D eigenvalue weighted by Crippen LogP contribution is 2.25. The van der Waals surface area contributed by atoms with Crippen LogP contribution in [-0.2, 0) is 0 Å². The molecule has 0 spiro atoms. The molecule has 1 aromatic carbocycles. The highest BCUT2D eigenvalue weighted by atomic mass is 15.1. The number of benzene rings is 1. The third kappa shape index (κ3) is 4.34. The van der Waals surface area contributed by atoms with E-state index in [0.29, 0.717) is 6.04 Å². The van der Waals surface area contributed by atoms with Crippen molar-refractivity contribution < 1.29 is 0 Å². The Morgan fingerprint density at radius 2 is 1.89 bits per heavy atom. The summed E-state index contributed by atoms with van der Waals surface area (Å²) >= 11 is 0. The number of hydrogen-bond acceptors (Lipinski definition) is 2. The van der Waals surface area contributed by atoms with Crippen LogP contribution in [0.25, 0.3) is 0 Å². The van der Waals surface area contributed by atoms with Gasteiger partial charge in [0.05, 0.1) is 0 Å². The number of nitrogens with one attached hydrogen (secondary N) is 1. The van der Waals surface area contributed by atoms with Crippen LogP contribution in [0.15, 0.2) is 24.3 Å². The van der Waals surface area contributed by atoms with E-state index in [-0.39, 0.29) is 0 Å². The van der Waals surface area contributed by atoms with Crippen molar-refractivity contribution >= 4 is 5.69 Å². The smallest absolute Gasteiger partial charge is 0.0412 e. The van der Waals surface area contributed by atoms with Crippen molar-refractivity contribution in [3.05, 3.63) is 29.8 Å². The van der Waals surface area contributed by atoms with Crippen LogP contribution in [0.2, 0.25) is 0 Å². The van der Waals surface area contributed by atoms with Gasteiger partial charge in [-0.3, -0.25) is 0 Å². The van der Waals surface area contributed by atoms with Crippen molar-refractivity contribution in [2.24, 2.45) is 0 Å². The van der Waals surface area contributed by atoms with Crippen LogP contribution in [0.4, 0.5) is 5.69 Å². The van der Waals surface area contributed by atoms with E-state index in [1.54, 1.807) is 0 Å². The average Bonchev–Trinajstić information content (AvgIpc) is 2.39. The first-order chi connectivity index (χ1) is 8.70. The van der Waals surface area contributed by atoms with E-state index < -0.39 is 0 Å². The lowest BCUT2D eigenvalue weighted by atomic mass is 10.0. The monoisotopic (exact) mass is 248 g/mol. The molecule has 0 aliphatic heterocycles. The molecule has 102 valence electrons. The molecule has 0 aromatic heterocycles. The molecular formula is C16H28N2. The maximum atomic E-state index is 3.50. The van der Waals surface area contributed by atoms with Gasteiger partial charge in [0.2, 0.25) is 0 Å². The molecule has 0 saturated heterocycles. The molecule has 1 rings (SSSR count). The number of unbranched alkanes of at least 4 members (excludes halogenated alkanes) is 2. The second kappa shape index (κ2) is 8.15. The van der Waals surface area contributed by atoms with E-state index in [1.165, 1.54) is 30.5 Å². The fourth-order valence-corrected chi connectivity index (χ4v) is 2.34. The van der Waals surface area contributed by atoms with Crippen LogP contribution in [0.3, 0.4) is 0 Å². The van der Waals surface area contributed by atoms with Crippen LogP contribution in [-0.4, -0.2) is 20.1 Å². The standard InChI is InChI=1S/C16H28N2/c1-5-7-10-13-18(4)16-12-9-8-11-15(16)14(3)17-6-2/h8-9,11-12,14,17H,5-7,10,13H2,1-4H3. The van der Waals surface area contributed by atoms with E-state index in [1.807, 2.05) is 0 Å². The van der Waals surface area contributed by atoms with Crippen LogP contribution >= 0.6 is 0 Å². The topological polar surface area (TPSA) is 15.3 Å². The predicted molar refractivity (Wildman–Crippen MR) is 81.3 cm³/mol. The summed E-state index contributed by atoms with van der Waals surface area (Å²) < 4.78 is 0. The summed E-state index contributed by atoms with van der Waals surface area (Å²) in [5, 5.41) is 3.50. The maximum Gasteiger partial charge on any atom is 0.0412 e. The minimum Gasteiger partial charge on any atom is -0.374 e. The Kier molecular flexibility index (Phi) is 6.81. The molecule has 1 N–H and O–H groups in total. The Morgan fingerprint density at radius 3 is 2.56 bits per heavy atom. The van der Waals surface area contributed by atoms with Crippen molar-refractivity contribution in [3.63, 3.8) is 0 Å². The van der Waals surface area contributed by atoms with Gasteiger partial charge in [-0.1, -0.05) is 44.9 Å². The van der Waals surface area contributed by atoms with Crippen molar-refractivity contribution in [1.82, 2.24) is 5.32 Å². The highest BCUT2D eigenvalue weighted by Gasteiger charge is 2.11. The van der Waals surface area contributed by atoms with Crippen molar-refractivity contribution in [3.8, 4) is 0 Å². The van der Waals surface area contributed by atoms with Crippen molar-refractivity contribution in [2.45, 2.75) is 46.1 Å². The summed E-state index contributed by atoms with van der Waals surface area (Å²) in [6.45, 7) is 8.80. The van der Waals surface area contributed by atoms with Crippen LogP contribution in [0, 0.1) is 0 Å². The van der Waals surface area contributed by atoms with Crippen LogP contribution in [0.5, 0.6) is 0 Å². The Labute approximate surface area is 112 Å². The summed E-state index contributed by atoms with van der Waals surface area (Å²) in [4.78, 5) is 2.39. The minimum absolute atomic E-state index is 0.417. The lowest BCUT2D eigenvalue weighted by molar-refractivity contribution is 0.595. The molecule has 0 bridgehead atoms. The summed E-state index contributed by atoms with van der Waals surface area (Å²) in [6.07, 6.45) is 3.87. The molecule has 0 saturated carbocycles. The van der Waals surface area contributed by atoms with Gasteiger partial charge in [0.1, 0.15) is 0 Å². The van der Waals surface area contributed by atoms with Gasteiger partial charge in [-0.25, -0.2) is 0 Å². The zero-order chi connectivity index (χ0) is 13.4. The average molecular weight is 248 g/mol. The molecular weight excluding hydrogens is 220 g/mol. The molecule has 0 fully saturated rings. The van der Waals surface area contributed by atoms with Gasteiger partial charge in [0.25, 0.3) is 0 Å². The third-order valence-electron chi connectivity index (χ3n) is 3.42. The van der Waals surface area contributed by atoms with Gasteiger partial charge in [-0.05, 0) is 31.5 Å². The molecule has 0 amide bonds. The zero-order valence-electron chi connectivity index (χ0n) is 12.4. The van der Waals surface area contributed by atoms with E-state index in [4.69, 9.17) is 0 Å². The third-order valence-corrected chi connectivity index (χ3v) is 3.42. The molecule has 2 nitrogen and oxygen atoms in total. The summed E-state index contributed by atoms with van der Waals surface area (Å²) in [7, 11) is 2.20. The fourth-order valence-electron chi connectivity index (χ4n) is 2.34. The first-order valence-electron chi connectivity index (χ1n) is 7.24. The van der Waals surface area contributed by atoms with Crippen molar-refractivity contribution in [1.29, 1.82) is 0 Å². The number of hydrogen-bond donors (Lipinski definition) is 1. The van der Waals surface area contributed by atoms with Gasteiger partial charge in [0, 0.05) is 25.3 Å². The molecule has 0 radical (unpaired) electrons. The van der Waals surface area contributed by atoms with E-state index in [0.717, 1.165) is 13.1 Å². The molecule has 18 heavy (non-hydrogen) atoms. The molecule has 0 aliphatic rings. The molecule has 2 heteroatoms. The van der Waals surface area contributed by atoms with E-state index >= 15 is 0 Å². The maximum absolute atomic E-state index is 3.50.